The third-order valence-corrected chi connectivity index (χ3v) is 2.55. The molecule has 1 rings (SSSR count). The van der Waals surface area contributed by atoms with Gasteiger partial charge in [-0.15, -0.1) is 0 Å². The monoisotopic (exact) mass is 258 g/mol. The number of nitro groups is 1. The number of halogens is 1. The summed E-state index contributed by atoms with van der Waals surface area (Å²) in [4.78, 5) is 22.6. The maximum Gasteiger partial charge on any atom is 0.325 e. The van der Waals surface area contributed by atoms with E-state index in [1.807, 2.05) is 0 Å². The maximum atomic E-state index is 11.1. The predicted molar refractivity (Wildman–Crippen MR) is 62.2 cm³/mol. The quantitative estimate of drug-likeness (QED) is 0.659. The Labute approximate surface area is 103 Å². The van der Waals surface area contributed by atoms with Gasteiger partial charge in [0.05, 0.1) is 4.92 Å². The van der Waals surface area contributed by atoms with Gasteiger partial charge in [-0.2, -0.15) is 0 Å². The van der Waals surface area contributed by atoms with E-state index in [0.717, 1.165) is 0 Å². The van der Waals surface area contributed by atoms with Crippen LogP contribution in [0.1, 0.15) is 11.6 Å². The van der Waals surface area contributed by atoms with E-state index in [-0.39, 0.29) is 10.7 Å². The van der Waals surface area contributed by atoms with Crippen LogP contribution in [0, 0.1) is 10.1 Å². The molecule has 0 aromatic heterocycles. The fourth-order valence-corrected chi connectivity index (χ4v) is 1.69. The van der Waals surface area contributed by atoms with E-state index in [4.69, 9.17) is 16.7 Å². The van der Waals surface area contributed by atoms with Crippen molar-refractivity contribution >= 4 is 23.3 Å². The van der Waals surface area contributed by atoms with Crippen LogP contribution in [0.3, 0.4) is 0 Å². The van der Waals surface area contributed by atoms with Crippen LogP contribution in [0.5, 0.6) is 0 Å². The number of aliphatic carboxylic acids is 1. The first-order chi connectivity index (χ1) is 7.84. The van der Waals surface area contributed by atoms with Gasteiger partial charge < -0.3 is 5.11 Å². The number of nitro benzene ring substituents is 1. The molecular weight excluding hydrogens is 248 g/mol. The highest BCUT2D eigenvalue weighted by Gasteiger charge is 2.25. The smallest absolute Gasteiger partial charge is 0.325 e. The van der Waals surface area contributed by atoms with E-state index >= 15 is 0 Å². The van der Waals surface area contributed by atoms with Crippen molar-refractivity contribution in [3.05, 3.63) is 38.9 Å². The van der Waals surface area contributed by atoms with Gasteiger partial charge in [0.15, 0.2) is 0 Å². The van der Waals surface area contributed by atoms with Crippen molar-refractivity contribution < 1.29 is 14.8 Å². The fraction of sp³-hybridized carbons (Fsp3) is 0.300. The lowest BCUT2D eigenvalue weighted by atomic mass is 10.1. The number of likely N-dealkylation sites (N-methyl/N-ethyl adjacent to an activating group) is 1. The van der Waals surface area contributed by atoms with E-state index < -0.39 is 16.9 Å². The average molecular weight is 259 g/mol. The molecule has 0 radical (unpaired) electrons. The minimum Gasteiger partial charge on any atom is -0.480 e. The zero-order chi connectivity index (χ0) is 13.2. The van der Waals surface area contributed by atoms with E-state index in [1.54, 1.807) is 14.1 Å². The SMILES string of the molecule is CN(C)C(C(=O)O)c1ccc(Cl)c([N+](=O)[O-])c1. The van der Waals surface area contributed by atoms with Gasteiger partial charge in [0.25, 0.3) is 5.69 Å². The van der Waals surface area contributed by atoms with Crippen LogP contribution < -0.4 is 0 Å². The highest BCUT2D eigenvalue weighted by molar-refractivity contribution is 6.32. The summed E-state index contributed by atoms with van der Waals surface area (Å²) in [6.07, 6.45) is 0. The molecule has 0 aliphatic carbocycles. The Morgan fingerprint density at radius 3 is 2.53 bits per heavy atom. The van der Waals surface area contributed by atoms with E-state index in [9.17, 15) is 14.9 Å². The van der Waals surface area contributed by atoms with Crippen LogP contribution in [0.15, 0.2) is 18.2 Å². The topological polar surface area (TPSA) is 83.7 Å². The van der Waals surface area contributed by atoms with Gasteiger partial charge in [-0.25, -0.2) is 0 Å². The molecule has 92 valence electrons. The van der Waals surface area contributed by atoms with Gasteiger partial charge in [-0.1, -0.05) is 17.7 Å². The predicted octanol–water partition coefficient (Wildman–Crippen LogP) is 1.94. The number of benzene rings is 1. The summed E-state index contributed by atoms with van der Waals surface area (Å²) in [5.74, 6) is -1.08. The minimum atomic E-state index is -1.08. The van der Waals surface area contributed by atoms with Crippen molar-refractivity contribution in [3.63, 3.8) is 0 Å². The Kier molecular flexibility index (Phi) is 4.03. The van der Waals surface area contributed by atoms with Gasteiger partial charge in [0.1, 0.15) is 11.1 Å². The first-order valence-electron chi connectivity index (χ1n) is 4.67. The number of hydrogen-bond acceptors (Lipinski definition) is 4. The molecule has 0 saturated heterocycles. The van der Waals surface area contributed by atoms with E-state index in [1.165, 1.54) is 23.1 Å². The van der Waals surface area contributed by atoms with Crippen molar-refractivity contribution in [2.75, 3.05) is 14.1 Å². The molecule has 1 aromatic rings. The molecule has 0 bridgehead atoms. The highest BCUT2D eigenvalue weighted by atomic mass is 35.5. The molecule has 1 unspecified atom stereocenters. The zero-order valence-corrected chi connectivity index (χ0v) is 10.0. The lowest BCUT2D eigenvalue weighted by Crippen LogP contribution is -2.27. The average Bonchev–Trinajstić information content (AvgIpc) is 2.19. The van der Waals surface area contributed by atoms with Gasteiger partial charge in [0.2, 0.25) is 0 Å². The second-order valence-electron chi connectivity index (χ2n) is 3.67. The molecule has 0 saturated carbocycles. The number of carbonyl (C=O) groups is 1. The van der Waals surface area contributed by atoms with Crippen molar-refractivity contribution in [3.8, 4) is 0 Å². The zero-order valence-electron chi connectivity index (χ0n) is 9.25. The van der Waals surface area contributed by atoms with Crippen molar-refractivity contribution in [2.45, 2.75) is 6.04 Å². The van der Waals surface area contributed by atoms with Crippen LogP contribution in [0.4, 0.5) is 5.69 Å². The third kappa shape index (κ3) is 2.92. The van der Waals surface area contributed by atoms with Crippen molar-refractivity contribution in [2.24, 2.45) is 0 Å². The summed E-state index contributed by atoms with van der Waals surface area (Å²) in [5, 5.41) is 19.7. The van der Waals surface area contributed by atoms with Crippen molar-refractivity contribution in [1.29, 1.82) is 0 Å². The number of rotatable bonds is 4. The summed E-state index contributed by atoms with van der Waals surface area (Å²) < 4.78 is 0. The largest absolute Gasteiger partial charge is 0.480 e. The van der Waals surface area contributed by atoms with Crippen LogP contribution in [0.2, 0.25) is 5.02 Å². The Balaban J connectivity index is 3.26. The van der Waals surface area contributed by atoms with Gasteiger partial charge in [-0.05, 0) is 25.7 Å². The Bertz CT molecular complexity index is 462. The van der Waals surface area contributed by atoms with Crippen LogP contribution in [-0.4, -0.2) is 35.0 Å². The summed E-state index contributed by atoms with van der Waals surface area (Å²) in [6.45, 7) is 0. The highest BCUT2D eigenvalue weighted by Crippen LogP contribution is 2.29. The molecule has 0 heterocycles. The normalized spacial score (nSPS) is 12.5. The molecule has 1 aromatic carbocycles. The second kappa shape index (κ2) is 5.11. The molecular formula is C10H11ClN2O4. The number of hydrogen-bond donors (Lipinski definition) is 1. The molecule has 17 heavy (non-hydrogen) atoms. The van der Waals surface area contributed by atoms with Crippen molar-refractivity contribution in [1.82, 2.24) is 4.90 Å². The molecule has 0 amide bonds. The summed E-state index contributed by atoms with van der Waals surface area (Å²) in [5.41, 5.74) is 0.0240. The molecule has 1 atom stereocenters. The Hall–Kier alpha value is -1.66. The van der Waals surface area contributed by atoms with Crippen LogP contribution >= 0.6 is 11.6 Å². The Morgan fingerprint density at radius 2 is 2.12 bits per heavy atom. The standard InChI is InChI=1S/C10H11ClN2O4/c1-12(2)9(10(14)15)6-3-4-7(11)8(5-6)13(16)17/h3-5,9H,1-2H3,(H,14,15). The molecule has 7 heteroatoms. The Morgan fingerprint density at radius 1 is 1.53 bits per heavy atom. The molecule has 0 fully saturated rings. The van der Waals surface area contributed by atoms with Crippen LogP contribution in [-0.2, 0) is 4.79 Å². The second-order valence-corrected chi connectivity index (χ2v) is 4.08. The lowest BCUT2D eigenvalue weighted by Gasteiger charge is -2.20. The van der Waals surface area contributed by atoms with Gasteiger partial charge >= 0.3 is 5.97 Å². The van der Waals surface area contributed by atoms with Gasteiger partial charge in [0, 0.05) is 6.07 Å². The minimum absolute atomic E-state index is 0.0124. The number of nitrogens with zero attached hydrogens (tertiary/aromatic N) is 2. The maximum absolute atomic E-state index is 11.1. The first-order valence-corrected chi connectivity index (χ1v) is 5.05. The molecule has 1 N–H and O–H groups in total. The molecule has 6 nitrogen and oxygen atoms in total. The summed E-state index contributed by atoms with van der Waals surface area (Å²) in [7, 11) is 3.17. The lowest BCUT2D eigenvalue weighted by molar-refractivity contribution is -0.384. The summed E-state index contributed by atoms with van der Waals surface area (Å²) >= 11 is 5.65. The molecule has 0 aliphatic rings. The van der Waals surface area contributed by atoms with E-state index in [0.29, 0.717) is 5.56 Å². The summed E-state index contributed by atoms with van der Waals surface area (Å²) in [6, 6.07) is 3.04. The van der Waals surface area contributed by atoms with E-state index in [2.05, 4.69) is 0 Å². The number of carboxylic acid groups (broad SMARTS) is 1. The molecule has 0 spiro atoms. The van der Waals surface area contributed by atoms with Gasteiger partial charge in [-0.3, -0.25) is 19.8 Å². The number of carboxylic acids is 1. The first kappa shape index (κ1) is 13.4. The fourth-order valence-electron chi connectivity index (χ4n) is 1.50. The molecule has 0 aliphatic heterocycles. The third-order valence-electron chi connectivity index (χ3n) is 2.23. The van der Waals surface area contributed by atoms with Crippen LogP contribution in [0.25, 0.3) is 0 Å².